The molecule has 0 saturated heterocycles. The molecule has 0 unspecified atom stereocenters. The van der Waals surface area contributed by atoms with Crippen LogP contribution < -0.4 is 0 Å². The Morgan fingerprint density at radius 1 is 1.15 bits per heavy atom. The van der Waals surface area contributed by atoms with Crippen molar-refractivity contribution in [3.63, 3.8) is 0 Å². The summed E-state index contributed by atoms with van der Waals surface area (Å²) in [5, 5.41) is 9.15. The highest BCUT2D eigenvalue weighted by Crippen LogP contribution is 2.25. The third kappa shape index (κ3) is 2.92. The first-order valence-corrected chi connectivity index (χ1v) is 7.32. The Morgan fingerprint density at radius 3 is 2.45 bits per heavy atom. The lowest BCUT2D eigenvalue weighted by atomic mass is 10.1. The molecule has 20 heavy (non-hydrogen) atoms. The average molecular weight is 275 g/mol. The van der Waals surface area contributed by atoms with Crippen LogP contribution in [-0.4, -0.2) is 24.5 Å². The van der Waals surface area contributed by atoms with Gasteiger partial charge in [0.2, 0.25) is 0 Å². The maximum atomic E-state index is 4.62. The molecule has 0 radical (unpaired) electrons. The van der Waals surface area contributed by atoms with E-state index in [0.717, 1.165) is 42.4 Å². The average Bonchev–Trinajstić information content (AvgIpc) is 2.89. The zero-order chi connectivity index (χ0) is 14.9. The van der Waals surface area contributed by atoms with Gasteiger partial charge < -0.3 is 0 Å². The molecule has 0 amide bonds. The molecule has 0 aliphatic carbocycles. The Kier molecular flexibility index (Phi) is 3.97. The first kappa shape index (κ1) is 14.8. The highest BCUT2D eigenvalue weighted by molar-refractivity contribution is 5.51. The molecule has 2 aromatic rings. The molecule has 110 valence electrons. The lowest BCUT2D eigenvalue weighted by Crippen LogP contribution is -2.24. The van der Waals surface area contributed by atoms with Crippen LogP contribution in [0.5, 0.6) is 0 Å². The maximum absolute atomic E-state index is 4.62. The monoisotopic (exact) mass is 275 g/mol. The number of hydrogen-bond donors (Lipinski definition) is 0. The molecule has 2 aromatic heterocycles. The molecule has 0 aliphatic rings. The van der Waals surface area contributed by atoms with Crippen molar-refractivity contribution in [1.29, 1.82) is 0 Å². The number of aromatic nitrogens is 5. The van der Waals surface area contributed by atoms with Gasteiger partial charge in [0.25, 0.3) is 0 Å². The van der Waals surface area contributed by atoms with Crippen LogP contribution in [0.1, 0.15) is 52.1 Å². The normalized spacial score (nSPS) is 12.1. The summed E-state index contributed by atoms with van der Waals surface area (Å²) in [5.74, 6) is 1.74. The maximum Gasteiger partial charge on any atom is 0.176 e. The van der Waals surface area contributed by atoms with Crippen molar-refractivity contribution >= 4 is 0 Å². The number of unbranched alkanes of at least 4 members (excludes halogenated alkanes) is 1. The second-order valence-electron chi connectivity index (χ2n) is 6.31. The van der Waals surface area contributed by atoms with Gasteiger partial charge in [-0.3, -0.25) is 4.68 Å². The third-order valence-electron chi connectivity index (χ3n) is 3.20. The lowest BCUT2D eigenvalue weighted by molar-refractivity contribution is 0.357. The summed E-state index contributed by atoms with van der Waals surface area (Å²) in [7, 11) is 0. The predicted octanol–water partition coefficient (Wildman–Crippen LogP) is 3.31. The molecule has 0 aromatic carbocycles. The topological polar surface area (TPSA) is 48.5 Å². The van der Waals surface area contributed by atoms with Gasteiger partial charge in [-0.2, -0.15) is 10.2 Å². The van der Waals surface area contributed by atoms with Gasteiger partial charge >= 0.3 is 0 Å². The minimum absolute atomic E-state index is 0.0704. The largest absolute Gasteiger partial charge is 0.256 e. The zero-order valence-electron chi connectivity index (χ0n) is 13.4. The molecule has 0 bridgehead atoms. The Morgan fingerprint density at radius 2 is 1.85 bits per heavy atom. The SMILES string of the molecule is CCCCn1nc(C)nc1-c1cc(C)nn1C(C)(C)C. The molecule has 0 atom stereocenters. The smallest absolute Gasteiger partial charge is 0.176 e. The summed E-state index contributed by atoms with van der Waals surface area (Å²) in [5.41, 5.74) is 1.99. The molecule has 0 saturated carbocycles. The van der Waals surface area contributed by atoms with E-state index in [2.05, 4.69) is 48.9 Å². The summed E-state index contributed by atoms with van der Waals surface area (Å²) in [4.78, 5) is 4.61. The van der Waals surface area contributed by atoms with E-state index in [1.54, 1.807) is 0 Å². The fourth-order valence-electron chi connectivity index (χ4n) is 2.28. The Labute approximate surface area is 121 Å². The Bertz CT molecular complexity index is 586. The van der Waals surface area contributed by atoms with Gasteiger partial charge in [0.05, 0.1) is 11.2 Å². The van der Waals surface area contributed by atoms with Crippen LogP contribution >= 0.6 is 0 Å². The molecule has 0 aliphatic heterocycles. The van der Waals surface area contributed by atoms with Gasteiger partial charge in [0.15, 0.2) is 5.82 Å². The molecule has 2 rings (SSSR count). The van der Waals surface area contributed by atoms with Gasteiger partial charge in [-0.05, 0) is 47.1 Å². The van der Waals surface area contributed by atoms with Crippen LogP contribution in [0.25, 0.3) is 11.5 Å². The van der Waals surface area contributed by atoms with Crippen LogP contribution in [0.3, 0.4) is 0 Å². The first-order chi connectivity index (χ1) is 9.32. The number of rotatable bonds is 4. The minimum atomic E-state index is -0.0704. The third-order valence-corrected chi connectivity index (χ3v) is 3.20. The summed E-state index contributed by atoms with van der Waals surface area (Å²) in [6, 6.07) is 2.09. The van der Waals surface area contributed by atoms with Crippen LogP contribution in [-0.2, 0) is 12.1 Å². The lowest BCUT2D eigenvalue weighted by Gasteiger charge is -2.22. The van der Waals surface area contributed by atoms with Crippen molar-refractivity contribution in [3.8, 4) is 11.5 Å². The van der Waals surface area contributed by atoms with Gasteiger partial charge in [0.1, 0.15) is 11.5 Å². The molecule has 5 nitrogen and oxygen atoms in total. The fraction of sp³-hybridized carbons (Fsp3) is 0.667. The van der Waals surface area contributed by atoms with E-state index in [1.807, 2.05) is 23.2 Å². The molecule has 5 heteroatoms. The van der Waals surface area contributed by atoms with Gasteiger partial charge in [-0.25, -0.2) is 9.67 Å². The zero-order valence-corrected chi connectivity index (χ0v) is 13.4. The van der Waals surface area contributed by atoms with E-state index in [-0.39, 0.29) is 5.54 Å². The van der Waals surface area contributed by atoms with Crippen LogP contribution in [0.2, 0.25) is 0 Å². The second kappa shape index (κ2) is 5.38. The van der Waals surface area contributed by atoms with Gasteiger partial charge in [-0.15, -0.1) is 0 Å². The van der Waals surface area contributed by atoms with Crippen molar-refractivity contribution in [2.75, 3.05) is 0 Å². The van der Waals surface area contributed by atoms with Crippen LogP contribution in [0, 0.1) is 13.8 Å². The van der Waals surface area contributed by atoms with E-state index < -0.39 is 0 Å². The van der Waals surface area contributed by atoms with Crippen molar-refractivity contribution in [1.82, 2.24) is 24.5 Å². The van der Waals surface area contributed by atoms with Gasteiger partial charge in [0, 0.05) is 6.54 Å². The second-order valence-corrected chi connectivity index (χ2v) is 6.31. The summed E-state index contributed by atoms with van der Waals surface area (Å²) >= 11 is 0. The standard InChI is InChI=1S/C15H25N5/c1-7-8-9-19-14(16-12(3)18-19)13-10-11(2)17-20(13)15(4,5)6/h10H,7-9H2,1-6H3. The van der Waals surface area contributed by atoms with Crippen molar-refractivity contribution in [2.45, 2.75) is 66.5 Å². The van der Waals surface area contributed by atoms with Crippen molar-refractivity contribution in [3.05, 3.63) is 17.6 Å². The van der Waals surface area contributed by atoms with Crippen molar-refractivity contribution < 1.29 is 0 Å². The first-order valence-electron chi connectivity index (χ1n) is 7.32. The van der Waals surface area contributed by atoms with Crippen LogP contribution in [0.4, 0.5) is 0 Å². The molecule has 2 heterocycles. The highest BCUT2D eigenvalue weighted by Gasteiger charge is 2.23. The summed E-state index contributed by atoms with van der Waals surface area (Å²) in [6.45, 7) is 13.5. The Hall–Kier alpha value is -1.65. The molecular weight excluding hydrogens is 250 g/mol. The molecule has 0 N–H and O–H groups in total. The van der Waals surface area contributed by atoms with E-state index in [0.29, 0.717) is 0 Å². The number of aryl methyl sites for hydroxylation is 3. The number of hydrogen-bond acceptors (Lipinski definition) is 3. The highest BCUT2D eigenvalue weighted by atomic mass is 15.4. The summed E-state index contributed by atoms with van der Waals surface area (Å²) < 4.78 is 4.06. The fourth-order valence-corrected chi connectivity index (χ4v) is 2.28. The van der Waals surface area contributed by atoms with Gasteiger partial charge in [-0.1, -0.05) is 13.3 Å². The van der Waals surface area contributed by atoms with E-state index in [4.69, 9.17) is 0 Å². The molecule has 0 fully saturated rings. The van der Waals surface area contributed by atoms with E-state index in [1.165, 1.54) is 0 Å². The quantitative estimate of drug-likeness (QED) is 0.860. The van der Waals surface area contributed by atoms with E-state index >= 15 is 0 Å². The minimum Gasteiger partial charge on any atom is -0.256 e. The number of nitrogens with zero attached hydrogens (tertiary/aromatic N) is 5. The molecular formula is C15H25N5. The molecule has 0 spiro atoms. The van der Waals surface area contributed by atoms with Crippen molar-refractivity contribution in [2.24, 2.45) is 0 Å². The predicted molar refractivity (Wildman–Crippen MR) is 80.6 cm³/mol. The summed E-state index contributed by atoms with van der Waals surface area (Å²) in [6.07, 6.45) is 2.26. The van der Waals surface area contributed by atoms with E-state index in [9.17, 15) is 0 Å². The Balaban J connectivity index is 2.51. The van der Waals surface area contributed by atoms with Crippen LogP contribution in [0.15, 0.2) is 6.07 Å².